The van der Waals surface area contributed by atoms with E-state index in [0.717, 1.165) is 25.9 Å². The molecule has 0 bridgehead atoms. The molecule has 116 valence electrons. The monoisotopic (exact) mass is 310 g/mol. The number of hydrogen-bond donors (Lipinski definition) is 1. The van der Waals surface area contributed by atoms with E-state index in [0.29, 0.717) is 23.9 Å². The van der Waals surface area contributed by atoms with Crippen LogP contribution in [0.5, 0.6) is 5.75 Å². The third-order valence-corrected chi connectivity index (χ3v) is 4.40. The minimum Gasteiger partial charge on any atom is -0.490 e. The van der Waals surface area contributed by atoms with Gasteiger partial charge in [-0.3, -0.25) is 4.79 Å². The van der Waals surface area contributed by atoms with Crippen LogP contribution in [-0.2, 0) is 4.79 Å². The summed E-state index contributed by atoms with van der Waals surface area (Å²) < 4.78 is 5.64. The highest BCUT2D eigenvalue weighted by molar-refractivity contribution is 6.32. The van der Waals surface area contributed by atoms with Crippen molar-refractivity contribution in [3.8, 4) is 5.75 Å². The Morgan fingerprint density at radius 2 is 2.05 bits per heavy atom. The molecule has 0 saturated carbocycles. The molecule has 1 saturated heterocycles. The summed E-state index contributed by atoms with van der Waals surface area (Å²) in [5.41, 5.74) is -0.246. The van der Waals surface area contributed by atoms with Crippen LogP contribution in [0.25, 0.3) is 0 Å². The van der Waals surface area contributed by atoms with Crippen molar-refractivity contribution in [2.24, 2.45) is 5.41 Å². The van der Waals surface area contributed by atoms with Gasteiger partial charge in [0.2, 0.25) is 5.91 Å². The van der Waals surface area contributed by atoms with Gasteiger partial charge in [0.15, 0.2) is 0 Å². The van der Waals surface area contributed by atoms with Crippen LogP contribution in [0.2, 0.25) is 5.02 Å². The largest absolute Gasteiger partial charge is 0.490 e. The number of piperidine rings is 1. The number of nitrogens with one attached hydrogen (secondary N) is 1. The fourth-order valence-corrected chi connectivity index (χ4v) is 2.80. The van der Waals surface area contributed by atoms with Gasteiger partial charge in [0.05, 0.1) is 11.6 Å². The van der Waals surface area contributed by atoms with Gasteiger partial charge in [-0.15, -0.1) is 0 Å². The number of likely N-dealkylation sites (N-methyl/N-ethyl adjacent to an activating group) is 1. The molecular weight excluding hydrogens is 288 g/mol. The lowest BCUT2D eigenvalue weighted by Crippen LogP contribution is -2.47. The van der Waals surface area contributed by atoms with E-state index in [4.69, 9.17) is 16.3 Å². The highest BCUT2D eigenvalue weighted by atomic mass is 35.5. The molecule has 1 aromatic rings. The summed E-state index contributed by atoms with van der Waals surface area (Å²) in [6, 6.07) is 7.37. The van der Waals surface area contributed by atoms with Crippen LogP contribution in [0, 0.1) is 5.41 Å². The Hall–Kier alpha value is -1.26. The van der Waals surface area contributed by atoms with Crippen LogP contribution in [0.15, 0.2) is 24.3 Å². The molecule has 0 radical (unpaired) electrons. The summed E-state index contributed by atoms with van der Waals surface area (Å²) in [6.07, 6.45) is 1.78. The van der Waals surface area contributed by atoms with Crippen molar-refractivity contribution in [1.29, 1.82) is 0 Å². The van der Waals surface area contributed by atoms with Crippen LogP contribution in [0.4, 0.5) is 0 Å². The molecule has 0 unspecified atom stereocenters. The average molecular weight is 311 g/mol. The van der Waals surface area contributed by atoms with Crippen molar-refractivity contribution < 1.29 is 9.53 Å². The van der Waals surface area contributed by atoms with Gasteiger partial charge in [0, 0.05) is 12.5 Å². The number of carbonyl (C=O) groups is 1. The van der Waals surface area contributed by atoms with Crippen LogP contribution in [0.1, 0.15) is 19.8 Å². The van der Waals surface area contributed by atoms with Crippen molar-refractivity contribution in [1.82, 2.24) is 10.2 Å². The lowest BCUT2D eigenvalue weighted by atomic mass is 9.80. The second-order valence-electron chi connectivity index (χ2n) is 5.82. The third-order valence-electron chi connectivity index (χ3n) is 4.09. The summed E-state index contributed by atoms with van der Waals surface area (Å²) in [5.74, 6) is 0.861. The van der Waals surface area contributed by atoms with E-state index in [1.807, 2.05) is 25.2 Å². The van der Waals surface area contributed by atoms with Crippen LogP contribution in [-0.4, -0.2) is 44.1 Å². The van der Waals surface area contributed by atoms with Crippen molar-refractivity contribution in [3.63, 3.8) is 0 Å². The van der Waals surface area contributed by atoms with Gasteiger partial charge in [0.25, 0.3) is 0 Å². The zero-order valence-electron chi connectivity index (χ0n) is 12.7. The van der Waals surface area contributed by atoms with Crippen LogP contribution in [0.3, 0.4) is 0 Å². The summed E-state index contributed by atoms with van der Waals surface area (Å²) >= 11 is 6.03. The second-order valence-corrected chi connectivity index (χ2v) is 6.22. The number of carbonyl (C=O) groups excluding carboxylic acids is 1. The molecular formula is C16H23ClN2O2. The van der Waals surface area contributed by atoms with Gasteiger partial charge >= 0.3 is 0 Å². The molecule has 1 aliphatic rings. The predicted molar refractivity (Wildman–Crippen MR) is 84.8 cm³/mol. The topological polar surface area (TPSA) is 41.6 Å². The molecule has 1 amide bonds. The Kier molecular flexibility index (Phi) is 5.48. The maximum absolute atomic E-state index is 12.5. The van der Waals surface area contributed by atoms with Crippen LogP contribution < -0.4 is 10.1 Å². The third kappa shape index (κ3) is 4.11. The highest BCUT2D eigenvalue weighted by Crippen LogP contribution is 2.30. The van der Waals surface area contributed by atoms with E-state index in [1.165, 1.54) is 0 Å². The van der Waals surface area contributed by atoms with Gasteiger partial charge in [-0.05, 0) is 38.1 Å². The minimum atomic E-state index is -0.246. The molecule has 1 aromatic carbocycles. The van der Waals surface area contributed by atoms with Gasteiger partial charge in [0.1, 0.15) is 12.4 Å². The molecule has 4 nitrogen and oxygen atoms in total. The quantitative estimate of drug-likeness (QED) is 0.909. The first-order valence-corrected chi connectivity index (χ1v) is 7.74. The number of nitrogens with zero attached hydrogens (tertiary/aromatic N) is 1. The first-order chi connectivity index (χ1) is 10.0. The molecule has 1 fully saturated rings. The predicted octanol–water partition coefficient (Wildman–Crippen LogP) is 2.57. The fraction of sp³-hybridized carbons (Fsp3) is 0.562. The minimum absolute atomic E-state index is 0.201. The van der Waals surface area contributed by atoms with Gasteiger partial charge < -0.3 is 15.0 Å². The first kappa shape index (κ1) is 16.1. The van der Waals surface area contributed by atoms with E-state index < -0.39 is 0 Å². The maximum atomic E-state index is 12.5. The average Bonchev–Trinajstić information content (AvgIpc) is 2.49. The fourth-order valence-electron chi connectivity index (χ4n) is 2.61. The number of amides is 1. The zero-order chi connectivity index (χ0) is 15.3. The molecule has 2 rings (SSSR count). The number of para-hydroxylation sites is 1. The highest BCUT2D eigenvalue weighted by Gasteiger charge is 2.36. The second kappa shape index (κ2) is 7.14. The smallest absolute Gasteiger partial charge is 0.228 e. The Morgan fingerprint density at radius 3 is 2.71 bits per heavy atom. The van der Waals surface area contributed by atoms with Crippen LogP contribution >= 0.6 is 11.6 Å². The molecule has 21 heavy (non-hydrogen) atoms. The number of hydrogen-bond acceptors (Lipinski definition) is 3. The van der Waals surface area contributed by atoms with Crippen molar-refractivity contribution in [2.75, 3.05) is 33.3 Å². The molecule has 1 aliphatic heterocycles. The normalized spacial score (nSPS) is 17.3. The van der Waals surface area contributed by atoms with E-state index >= 15 is 0 Å². The molecule has 0 spiro atoms. The summed E-state index contributed by atoms with van der Waals surface area (Å²) in [5, 5.41) is 3.89. The summed E-state index contributed by atoms with van der Waals surface area (Å²) in [6.45, 7) is 4.88. The molecule has 1 heterocycles. The SMILES string of the molecule is CN(CCOc1ccccc1Cl)C(=O)C1(C)CCNCC1. The van der Waals surface area contributed by atoms with E-state index in [2.05, 4.69) is 12.2 Å². The Bertz CT molecular complexity index is 487. The zero-order valence-corrected chi connectivity index (χ0v) is 13.4. The summed E-state index contributed by atoms with van der Waals surface area (Å²) in [7, 11) is 1.84. The molecule has 0 atom stereocenters. The van der Waals surface area contributed by atoms with E-state index in [9.17, 15) is 4.79 Å². The first-order valence-electron chi connectivity index (χ1n) is 7.36. The van der Waals surface area contributed by atoms with Crippen molar-refractivity contribution in [3.05, 3.63) is 29.3 Å². The Balaban J connectivity index is 1.83. The lowest BCUT2D eigenvalue weighted by molar-refractivity contribution is -0.141. The maximum Gasteiger partial charge on any atom is 0.228 e. The van der Waals surface area contributed by atoms with Gasteiger partial charge in [-0.25, -0.2) is 0 Å². The number of benzene rings is 1. The van der Waals surface area contributed by atoms with Crippen molar-refractivity contribution >= 4 is 17.5 Å². The standard InChI is InChI=1S/C16H23ClN2O2/c1-16(7-9-18-10-8-16)15(20)19(2)11-12-21-14-6-4-3-5-13(14)17/h3-6,18H,7-12H2,1-2H3. The van der Waals surface area contributed by atoms with Gasteiger partial charge in [-0.2, -0.15) is 0 Å². The number of rotatable bonds is 5. The number of halogens is 1. The molecule has 1 N–H and O–H groups in total. The van der Waals surface area contributed by atoms with E-state index in [-0.39, 0.29) is 11.3 Å². The number of ether oxygens (including phenoxy) is 1. The van der Waals surface area contributed by atoms with Crippen molar-refractivity contribution in [2.45, 2.75) is 19.8 Å². The molecule has 5 heteroatoms. The van der Waals surface area contributed by atoms with E-state index in [1.54, 1.807) is 11.0 Å². The van der Waals surface area contributed by atoms with Gasteiger partial charge in [-0.1, -0.05) is 30.7 Å². The summed E-state index contributed by atoms with van der Waals surface area (Å²) in [4.78, 5) is 14.3. The molecule has 0 aliphatic carbocycles. The Labute approximate surface area is 131 Å². The molecule has 0 aromatic heterocycles. The Morgan fingerprint density at radius 1 is 1.38 bits per heavy atom. The lowest BCUT2D eigenvalue weighted by Gasteiger charge is -2.35.